The molecule has 31 heavy (non-hydrogen) atoms. The SMILES string of the molecule is Cc1cccc(-n2c(=O)c3c(c4cc(C)ccc4n3C)n(Cc3ccccc3)c2=O)c1. The minimum atomic E-state index is -0.332. The summed E-state index contributed by atoms with van der Waals surface area (Å²) < 4.78 is 4.93. The van der Waals surface area contributed by atoms with E-state index in [-0.39, 0.29) is 11.2 Å². The van der Waals surface area contributed by atoms with Crippen LogP contribution >= 0.6 is 0 Å². The van der Waals surface area contributed by atoms with Gasteiger partial charge in [-0.3, -0.25) is 9.36 Å². The first-order valence-corrected chi connectivity index (χ1v) is 10.3. The van der Waals surface area contributed by atoms with E-state index in [4.69, 9.17) is 0 Å². The number of nitrogens with zero attached hydrogens (tertiary/aromatic N) is 3. The highest BCUT2D eigenvalue weighted by Gasteiger charge is 2.21. The Hall–Kier alpha value is -3.86. The maximum Gasteiger partial charge on any atom is 0.336 e. The first-order valence-electron chi connectivity index (χ1n) is 10.3. The van der Waals surface area contributed by atoms with Gasteiger partial charge in [-0.25, -0.2) is 9.36 Å². The standard InChI is InChI=1S/C26H23N3O2/c1-17-8-7-11-20(14-17)29-25(30)24-23(21-15-18(2)12-13-22(21)27(24)3)28(26(29)31)16-19-9-5-4-6-10-19/h4-15H,16H2,1-3H3. The molecular weight excluding hydrogens is 386 g/mol. The molecule has 0 saturated heterocycles. The van der Waals surface area contributed by atoms with Crippen molar-refractivity contribution < 1.29 is 0 Å². The number of aromatic nitrogens is 3. The van der Waals surface area contributed by atoms with E-state index in [1.165, 1.54) is 4.57 Å². The molecule has 5 rings (SSSR count). The lowest BCUT2D eigenvalue weighted by Crippen LogP contribution is -2.39. The summed E-state index contributed by atoms with van der Waals surface area (Å²) in [6, 6.07) is 23.5. The van der Waals surface area contributed by atoms with Crippen molar-refractivity contribution in [2.24, 2.45) is 7.05 Å². The van der Waals surface area contributed by atoms with Crippen molar-refractivity contribution in [2.45, 2.75) is 20.4 Å². The van der Waals surface area contributed by atoms with Crippen molar-refractivity contribution in [3.63, 3.8) is 0 Å². The van der Waals surface area contributed by atoms with Gasteiger partial charge in [0.15, 0.2) is 0 Å². The van der Waals surface area contributed by atoms with E-state index in [2.05, 4.69) is 6.07 Å². The molecule has 0 saturated carbocycles. The van der Waals surface area contributed by atoms with Crippen molar-refractivity contribution in [1.29, 1.82) is 0 Å². The zero-order valence-corrected chi connectivity index (χ0v) is 17.8. The molecule has 0 radical (unpaired) electrons. The topological polar surface area (TPSA) is 48.9 Å². The molecule has 0 bridgehead atoms. The monoisotopic (exact) mass is 409 g/mol. The predicted molar refractivity (Wildman–Crippen MR) is 125 cm³/mol. The quantitative estimate of drug-likeness (QED) is 0.446. The Morgan fingerprint density at radius 1 is 0.774 bits per heavy atom. The lowest BCUT2D eigenvalue weighted by molar-refractivity contribution is 0.712. The van der Waals surface area contributed by atoms with Gasteiger partial charge < -0.3 is 4.57 Å². The second-order valence-corrected chi connectivity index (χ2v) is 8.11. The van der Waals surface area contributed by atoms with Crippen LogP contribution in [0.25, 0.3) is 27.6 Å². The van der Waals surface area contributed by atoms with E-state index in [9.17, 15) is 9.59 Å². The molecular formula is C26H23N3O2. The Morgan fingerprint density at radius 2 is 1.52 bits per heavy atom. The Kier molecular flexibility index (Phi) is 4.40. The van der Waals surface area contributed by atoms with E-state index in [0.29, 0.717) is 23.3 Å². The molecule has 0 unspecified atom stereocenters. The lowest BCUT2D eigenvalue weighted by Gasteiger charge is -2.14. The van der Waals surface area contributed by atoms with Gasteiger partial charge >= 0.3 is 5.69 Å². The fourth-order valence-electron chi connectivity index (χ4n) is 4.37. The molecule has 0 spiro atoms. The highest BCUT2D eigenvalue weighted by Crippen LogP contribution is 2.27. The summed E-state index contributed by atoms with van der Waals surface area (Å²) in [7, 11) is 1.89. The lowest BCUT2D eigenvalue weighted by atomic mass is 10.1. The van der Waals surface area contributed by atoms with E-state index in [0.717, 1.165) is 27.6 Å². The number of benzene rings is 3. The number of aryl methyl sites for hydroxylation is 3. The third-order valence-electron chi connectivity index (χ3n) is 5.87. The molecule has 0 fully saturated rings. The van der Waals surface area contributed by atoms with Crippen LogP contribution in [0.3, 0.4) is 0 Å². The molecule has 5 nitrogen and oxygen atoms in total. The first-order chi connectivity index (χ1) is 15.0. The largest absolute Gasteiger partial charge is 0.338 e. The fourth-order valence-corrected chi connectivity index (χ4v) is 4.37. The maximum absolute atomic E-state index is 13.8. The molecule has 2 aromatic heterocycles. The van der Waals surface area contributed by atoms with Gasteiger partial charge in [-0.15, -0.1) is 0 Å². The van der Waals surface area contributed by atoms with Crippen molar-refractivity contribution >= 4 is 21.9 Å². The minimum Gasteiger partial charge on any atom is -0.338 e. The molecule has 0 aliphatic rings. The number of hydrogen-bond acceptors (Lipinski definition) is 2. The number of fused-ring (bicyclic) bond motifs is 3. The smallest absolute Gasteiger partial charge is 0.336 e. The zero-order valence-electron chi connectivity index (χ0n) is 17.8. The van der Waals surface area contributed by atoms with Gasteiger partial charge in [0.25, 0.3) is 5.56 Å². The molecule has 0 aliphatic carbocycles. The summed E-state index contributed by atoms with van der Waals surface area (Å²) in [5, 5.41) is 0.916. The first kappa shape index (κ1) is 19.1. The van der Waals surface area contributed by atoms with Crippen LogP contribution in [0.15, 0.2) is 82.4 Å². The van der Waals surface area contributed by atoms with Gasteiger partial charge in [-0.05, 0) is 49.2 Å². The summed E-state index contributed by atoms with van der Waals surface area (Å²) >= 11 is 0. The van der Waals surface area contributed by atoms with Crippen molar-refractivity contribution in [2.75, 3.05) is 0 Å². The molecule has 5 heteroatoms. The summed E-state index contributed by atoms with van der Waals surface area (Å²) in [6.45, 7) is 4.36. The molecule has 154 valence electrons. The van der Waals surface area contributed by atoms with Gasteiger partial charge in [0, 0.05) is 12.4 Å². The van der Waals surface area contributed by atoms with Crippen LogP contribution in [0.1, 0.15) is 16.7 Å². The van der Waals surface area contributed by atoms with Gasteiger partial charge in [0.2, 0.25) is 0 Å². The van der Waals surface area contributed by atoms with Gasteiger partial charge in [0.1, 0.15) is 5.52 Å². The third-order valence-corrected chi connectivity index (χ3v) is 5.87. The van der Waals surface area contributed by atoms with Crippen LogP contribution in [-0.2, 0) is 13.6 Å². The summed E-state index contributed by atoms with van der Waals surface area (Å²) in [4.78, 5) is 27.4. The number of hydrogen-bond donors (Lipinski definition) is 0. The summed E-state index contributed by atoms with van der Waals surface area (Å²) in [5.74, 6) is 0. The van der Waals surface area contributed by atoms with Crippen molar-refractivity contribution in [3.05, 3.63) is 110 Å². The van der Waals surface area contributed by atoms with Crippen molar-refractivity contribution in [1.82, 2.24) is 13.7 Å². The fraction of sp³-hybridized carbons (Fsp3) is 0.154. The minimum absolute atomic E-state index is 0.300. The van der Waals surface area contributed by atoms with Gasteiger partial charge in [0.05, 0.1) is 23.3 Å². The molecule has 2 heterocycles. The van der Waals surface area contributed by atoms with Crippen LogP contribution in [0, 0.1) is 13.8 Å². The Morgan fingerprint density at radius 3 is 2.26 bits per heavy atom. The van der Waals surface area contributed by atoms with Crippen LogP contribution in [0.2, 0.25) is 0 Å². The van der Waals surface area contributed by atoms with Crippen LogP contribution in [0.4, 0.5) is 0 Å². The molecule has 0 atom stereocenters. The molecule has 0 N–H and O–H groups in total. The second kappa shape index (κ2) is 7.13. The van der Waals surface area contributed by atoms with Crippen molar-refractivity contribution in [3.8, 4) is 5.69 Å². The second-order valence-electron chi connectivity index (χ2n) is 8.11. The van der Waals surface area contributed by atoms with E-state index >= 15 is 0 Å². The highest BCUT2D eigenvalue weighted by molar-refractivity contribution is 6.06. The molecule has 3 aromatic carbocycles. The third kappa shape index (κ3) is 3.01. The number of rotatable bonds is 3. The predicted octanol–water partition coefficient (Wildman–Crippen LogP) is 4.31. The van der Waals surface area contributed by atoms with E-state index in [1.807, 2.05) is 86.1 Å². The van der Waals surface area contributed by atoms with Gasteiger partial charge in [-0.1, -0.05) is 54.1 Å². The zero-order chi connectivity index (χ0) is 21.7. The van der Waals surface area contributed by atoms with Crippen LogP contribution in [-0.4, -0.2) is 13.7 Å². The molecule has 0 amide bonds. The maximum atomic E-state index is 13.8. The van der Waals surface area contributed by atoms with Crippen LogP contribution in [0.5, 0.6) is 0 Å². The molecule has 0 aliphatic heterocycles. The Labute approximate surface area is 179 Å². The van der Waals surface area contributed by atoms with E-state index < -0.39 is 0 Å². The highest BCUT2D eigenvalue weighted by atomic mass is 16.2. The normalized spacial score (nSPS) is 11.5. The molecule has 5 aromatic rings. The van der Waals surface area contributed by atoms with Crippen LogP contribution < -0.4 is 11.2 Å². The average molecular weight is 409 g/mol. The average Bonchev–Trinajstić information content (AvgIpc) is 3.04. The Bertz CT molecular complexity index is 1570. The van der Waals surface area contributed by atoms with E-state index in [1.54, 1.807) is 10.6 Å². The van der Waals surface area contributed by atoms with Gasteiger partial charge in [-0.2, -0.15) is 0 Å². The summed E-state index contributed by atoms with van der Waals surface area (Å²) in [5.41, 5.74) is 5.17. The summed E-state index contributed by atoms with van der Waals surface area (Å²) in [6.07, 6.45) is 0. The Balaban J connectivity index is 1.97.